The molecule has 0 aromatic carbocycles. The molecule has 0 amide bonds. The summed E-state index contributed by atoms with van der Waals surface area (Å²) in [5, 5.41) is 3.88. The molecule has 1 heterocycles. The van der Waals surface area contributed by atoms with Gasteiger partial charge in [-0.05, 0) is 38.6 Å². The van der Waals surface area contributed by atoms with Gasteiger partial charge in [-0.1, -0.05) is 32.1 Å². The first-order chi connectivity index (χ1) is 8.27. The van der Waals surface area contributed by atoms with Crippen LogP contribution in [0.4, 0.5) is 0 Å². The molecule has 1 aliphatic heterocycles. The van der Waals surface area contributed by atoms with E-state index in [0.717, 1.165) is 12.0 Å². The molecule has 2 nitrogen and oxygen atoms in total. The number of hydrogen-bond acceptors (Lipinski definition) is 2. The highest BCUT2D eigenvalue weighted by molar-refractivity contribution is 4.99. The molecule has 1 unspecified atom stereocenters. The Labute approximate surface area is 106 Å². The SMILES string of the molecule is CC1CNC2(CCCCC2)CN1CCC1CC1. The molecule has 0 aromatic rings. The normalized spacial score (nSPS) is 34.1. The van der Waals surface area contributed by atoms with Gasteiger partial charge in [-0.15, -0.1) is 0 Å². The molecule has 1 spiro atoms. The van der Waals surface area contributed by atoms with Crippen LogP contribution in [0.2, 0.25) is 0 Å². The van der Waals surface area contributed by atoms with Crippen LogP contribution < -0.4 is 5.32 Å². The quantitative estimate of drug-likeness (QED) is 0.810. The Kier molecular flexibility index (Phi) is 3.45. The number of nitrogens with one attached hydrogen (secondary N) is 1. The Morgan fingerprint density at radius 3 is 2.65 bits per heavy atom. The summed E-state index contributed by atoms with van der Waals surface area (Å²) in [4.78, 5) is 2.78. The molecule has 1 saturated heterocycles. The van der Waals surface area contributed by atoms with E-state index in [1.54, 1.807) is 0 Å². The first-order valence-electron chi connectivity index (χ1n) is 7.77. The molecule has 1 atom stereocenters. The van der Waals surface area contributed by atoms with Crippen molar-refractivity contribution in [2.75, 3.05) is 19.6 Å². The van der Waals surface area contributed by atoms with Crippen LogP contribution in [0.3, 0.4) is 0 Å². The van der Waals surface area contributed by atoms with Gasteiger partial charge in [0.15, 0.2) is 0 Å². The molecule has 2 saturated carbocycles. The zero-order valence-electron chi connectivity index (χ0n) is 11.4. The van der Waals surface area contributed by atoms with Crippen molar-refractivity contribution in [2.24, 2.45) is 5.92 Å². The summed E-state index contributed by atoms with van der Waals surface area (Å²) < 4.78 is 0. The molecule has 0 bridgehead atoms. The molecule has 2 heteroatoms. The van der Waals surface area contributed by atoms with Gasteiger partial charge >= 0.3 is 0 Å². The van der Waals surface area contributed by atoms with Crippen LogP contribution in [0, 0.1) is 5.92 Å². The summed E-state index contributed by atoms with van der Waals surface area (Å²) in [6.45, 7) is 6.29. The second-order valence-electron chi connectivity index (χ2n) is 6.77. The number of piperazine rings is 1. The van der Waals surface area contributed by atoms with E-state index >= 15 is 0 Å². The van der Waals surface area contributed by atoms with Gasteiger partial charge in [0.1, 0.15) is 0 Å². The fourth-order valence-corrected chi connectivity index (χ4v) is 3.71. The fraction of sp³-hybridized carbons (Fsp3) is 1.00. The first kappa shape index (κ1) is 12.0. The predicted molar refractivity (Wildman–Crippen MR) is 72.2 cm³/mol. The van der Waals surface area contributed by atoms with E-state index in [-0.39, 0.29) is 0 Å². The molecular formula is C15H28N2. The minimum Gasteiger partial charge on any atom is -0.308 e. The molecule has 2 aliphatic carbocycles. The van der Waals surface area contributed by atoms with Gasteiger partial charge in [-0.3, -0.25) is 4.90 Å². The minimum atomic E-state index is 0.494. The summed E-state index contributed by atoms with van der Waals surface area (Å²) >= 11 is 0. The first-order valence-corrected chi connectivity index (χ1v) is 7.77. The Morgan fingerprint density at radius 1 is 1.18 bits per heavy atom. The van der Waals surface area contributed by atoms with Crippen LogP contribution in [-0.4, -0.2) is 36.1 Å². The lowest BCUT2D eigenvalue weighted by Crippen LogP contribution is -2.64. The van der Waals surface area contributed by atoms with E-state index in [1.165, 1.54) is 71.0 Å². The van der Waals surface area contributed by atoms with Crippen LogP contribution in [0.25, 0.3) is 0 Å². The molecule has 3 rings (SSSR count). The maximum absolute atomic E-state index is 3.88. The maximum Gasteiger partial charge on any atom is 0.0309 e. The molecule has 1 N–H and O–H groups in total. The largest absolute Gasteiger partial charge is 0.308 e. The van der Waals surface area contributed by atoms with Crippen molar-refractivity contribution in [1.82, 2.24) is 10.2 Å². The monoisotopic (exact) mass is 236 g/mol. The molecule has 98 valence electrons. The van der Waals surface area contributed by atoms with E-state index in [9.17, 15) is 0 Å². The molecular weight excluding hydrogens is 208 g/mol. The van der Waals surface area contributed by atoms with Crippen LogP contribution in [0.15, 0.2) is 0 Å². The second kappa shape index (κ2) is 4.89. The van der Waals surface area contributed by atoms with Crippen molar-refractivity contribution in [1.29, 1.82) is 0 Å². The van der Waals surface area contributed by atoms with Crippen molar-refractivity contribution in [3.05, 3.63) is 0 Å². The van der Waals surface area contributed by atoms with Crippen LogP contribution in [0.1, 0.15) is 58.3 Å². The average molecular weight is 236 g/mol. The molecule has 0 aromatic heterocycles. The number of rotatable bonds is 3. The van der Waals surface area contributed by atoms with Gasteiger partial charge in [-0.25, -0.2) is 0 Å². The summed E-state index contributed by atoms with van der Waals surface area (Å²) in [6, 6.07) is 0.751. The lowest BCUT2D eigenvalue weighted by molar-refractivity contribution is 0.0610. The highest BCUT2D eigenvalue weighted by Gasteiger charge is 2.38. The fourth-order valence-electron chi connectivity index (χ4n) is 3.71. The highest BCUT2D eigenvalue weighted by Crippen LogP contribution is 2.35. The van der Waals surface area contributed by atoms with Gasteiger partial charge in [-0.2, -0.15) is 0 Å². The minimum absolute atomic E-state index is 0.494. The molecule has 3 aliphatic rings. The van der Waals surface area contributed by atoms with Gasteiger partial charge in [0.25, 0.3) is 0 Å². The van der Waals surface area contributed by atoms with E-state index in [0.29, 0.717) is 5.54 Å². The lowest BCUT2D eigenvalue weighted by Gasteiger charge is -2.49. The molecule has 17 heavy (non-hydrogen) atoms. The smallest absolute Gasteiger partial charge is 0.0309 e. The van der Waals surface area contributed by atoms with Crippen molar-refractivity contribution in [3.8, 4) is 0 Å². The van der Waals surface area contributed by atoms with Gasteiger partial charge < -0.3 is 5.32 Å². The van der Waals surface area contributed by atoms with Gasteiger partial charge in [0.05, 0.1) is 0 Å². The van der Waals surface area contributed by atoms with E-state index in [1.807, 2.05) is 0 Å². The van der Waals surface area contributed by atoms with Crippen molar-refractivity contribution < 1.29 is 0 Å². The Bertz CT molecular complexity index is 254. The van der Waals surface area contributed by atoms with Crippen LogP contribution in [-0.2, 0) is 0 Å². The third-order valence-electron chi connectivity index (χ3n) is 5.23. The number of nitrogens with zero attached hydrogens (tertiary/aromatic N) is 1. The zero-order valence-corrected chi connectivity index (χ0v) is 11.4. The van der Waals surface area contributed by atoms with Gasteiger partial charge in [0, 0.05) is 24.7 Å². The predicted octanol–water partition coefficient (Wildman–Crippen LogP) is 2.78. The summed E-state index contributed by atoms with van der Waals surface area (Å²) in [5.74, 6) is 1.08. The Balaban J connectivity index is 1.56. The van der Waals surface area contributed by atoms with Gasteiger partial charge in [0.2, 0.25) is 0 Å². The van der Waals surface area contributed by atoms with Crippen LogP contribution in [0.5, 0.6) is 0 Å². The van der Waals surface area contributed by atoms with Crippen molar-refractivity contribution >= 4 is 0 Å². The Morgan fingerprint density at radius 2 is 1.94 bits per heavy atom. The maximum atomic E-state index is 3.88. The number of hydrogen-bond donors (Lipinski definition) is 1. The Hall–Kier alpha value is -0.0800. The standard InChI is InChI=1S/C15H28N2/c1-13-11-16-15(8-3-2-4-9-15)12-17(13)10-7-14-5-6-14/h13-14,16H,2-12H2,1H3. The van der Waals surface area contributed by atoms with E-state index in [2.05, 4.69) is 17.1 Å². The van der Waals surface area contributed by atoms with E-state index in [4.69, 9.17) is 0 Å². The zero-order chi connectivity index (χ0) is 11.7. The summed E-state index contributed by atoms with van der Waals surface area (Å²) in [7, 11) is 0. The van der Waals surface area contributed by atoms with Crippen LogP contribution >= 0.6 is 0 Å². The summed E-state index contributed by atoms with van der Waals surface area (Å²) in [5.41, 5.74) is 0.494. The second-order valence-corrected chi connectivity index (χ2v) is 6.77. The van der Waals surface area contributed by atoms with Crippen molar-refractivity contribution in [3.63, 3.8) is 0 Å². The molecule has 3 fully saturated rings. The topological polar surface area (TPSA) is 15.3 Å². The van der Waals surface area contributed by atoms with Crippen molar-refractivity contribution in [2.45, 2.75) is 69.9 Å². The van der Waals surface area contributed by atoms with E-state index < -0.39 is 0 Å². The third-order valence-corrected chi connectivity index (χ3v) is 5.23. The highest BCUT2D eigenvalue weighted by atomic mass is 15.2. The summed E-state index contributed by atoms with van der Waals surface area (Å²) in [6.07, 6.45) is 11.6. The third kappa shape index (κ3) is 2.85. The average Bonchev–Trinajstić information content (AvgIpc) is 3.16. The lowest BCUT2D eigenvalue weighted by atomic mass is 9.79. The molecule has 0 radical (unpaired) electrons.